The molecule has 1 aromatic heterocycles. The molecule has 3 atom stereocenters. The molecule has 0 saturated carbocycles. The van der Waals surface area contributed by atoms with Crippen LogP contribution < -0.4 is 5.32 Å². The van der Waals surface area contributed by atoms with Crippen LogP contribution in [-0.2, 0) is 6.42 Å². The summed E-state index contributed by atoms with van der Waals surface area (Å²) in [6, 6.07) is 4.11. The molecule has 1 aliphatic heterocycles. The van der Waals surface area contributed by atoms with Gasteiger partial charge in [-0.2, -0.15) is 0 Å². The quantitative estimate of drug-likeness (QED) is 0.885. The molecule has 2 heterocycles. The van der Waals surface area contributed by atoms with Crippen LogP contribution >= 0.6 is 11.3 Å². The Bertz CT molecular complexity index is 399. The first-order valence-corrected chi connectivity index (χ1v) is 8.44. The largest absolute Gasteiger partial charge is 0.314 e. The van der Waals surface area contributed by atoms with Crippen molar-refractivity contribution in [3.8, 4) is 0 Å². The van der Waals surface area contributed by atoms with Crippen LogP contribution in [0.5, 0.6) is 0 Å². The van der Waals surface area contributed by atoms with E-state index in [1.165, 1.54) is 13.0 Å². The Kier molecular flexibility index (Phi) is 5.04. The molecular weight excluding hydrogens is 252 g/mol. The summed E-state index contributed by atoms with van der Waals surface area (Å²) in [5.41, 5.74) is 1.56. The molecule has 3 unspecified atom stereocenters. The monoisotopic (exact) mass is 280 g/mol. The molecule has 0 aromatic carbocycles. The van der Waals surface area contributed by atoms with E-state index in [0.717, 1.165) is 6.54 Å². The first kappa shape index (κ1) is 15.0. The molecule has 0 bridgehead atoms. The van der Waals surface area contributed by atoms with E-state index in [0.29, 0.717) is 24.0 Å². The van der Waals surface area contributed by atoms with Gasteiger partial charge < -0.3 is 5.32 Å². The third kappa shape index (κ3) is 3.39. The van der Waals surface area contributed by atoms with Gasteiger partial charge in [0.05, 0.1) is 0 Å². The minimum absolute atomic E-state index is 0.575. The van der Waals surface area contributed by atoms with Gasteiger partial charge in [0.1, 0.15) is 0 Å². The van der Waals surface area contributed by atoms with Crippen molar-refractivity contribution in [2.24, 2.45) is 5.92 Å². The maximum absolute atomic E-state index is 3.57. The van der Waals surface area contributed by atoms with E-state index in [1.54, 1.807) is 10.4 Å². The first-order valence-electron chi connectivity index (χ1n) is 7.56. The van der Waals surface area contributed by atoms with Gasteiger partial charge in [-0.05, 0) is 49.7 Å². The van der Waals surface area contributed by atoms with Crippen LogP contribution in [0, 0.1) is 5.92 Å². The number of thiophene rings is 1. The SMILES string of the molecule is CC(C)NCC(C)C(C)N1CCc2sccc2C1C. The molecule has 0 saturated heterocycles. The highest BCUT2D eigenvalue weighted by molar-refractivity contribution is 7.10. The Morgan fingerprint density at radius 2 is 2.11 bits per heavy atom. The molecule has 108 valence electrons. The van der Waals surface area contributed by atoms with Crippen molar-refractivity contribution < 1.29 is 0 Å². The van der Waals surface area contributed by atoms with Crippen LogP contribution in [0.2, 0.25) is 0 Å². The zero-order valence-electron chi connectivity index (χ0n) is 12.9. The van der Waals surface area contributed by atoms with Crippen molar-refractivity contribution in [2.45, 2.75) is 59.2 Å². The fourth-order valence-corrected chi connectivity index (χ4v) is 3.97. The highest BCUT2D eigenvalue weighted by Gasteiger charge is 2.30. The van der Waals surface area contributed by atoms with Crippen molar-refractivity contribution in [2.75, 3.05) is 13.1 Å². The minimum atomic E-state index is 0.575. The normalized spacial score (nSPS) is 23.4. The summed E-state index contributed by atoms with van der Waals surface area (Å²) in [5.74, 6) is 0.685. The van der Waals surface area contributed by atoms with E-state index in [-0.39, 0.29) is 0 Å². The van der Waals surface area contributed by atoms with Gasteiger partial charge in [-0.3, -0.25) is 4.90 Å². The Labute approximate surface area is 122 Å². The number of hydrogen-bond donors (Lipinski definition) is 1. The fourth-order valence-electron chi connectivity index (χ4n) is 3.00. The van der Waals surface area contributed by atoms with Gasteiger partial charge in [-0.1, -0.05) is 20.8 Å². The number of nitrogens with one attached hydrogen (secondary N) is 1. The van der Waals surface area contributed by atoms with Gasteiger partial charge in [-0.15, -0.1) is 11.3 Å². The third-order valence-corrected chi connectivity index (χ3v) is 5.52. The van der Waals surface area contributed by atoms with Crippen LogP contribution in [0.4, 0.5) is 0 Å². The second kappa shape index (κ2) is 6.38. The minimum Gasteiger partial charge on any atom is -0.314 e. The molecular formula is C16H28N2S. The second-order valence-corrected chi connectivity index (χ2v) is 7.24. The lowest BCUT2D eigenvalue weighted by Crippen LogP contribution is -2.45. The topological polar surface area (TPSA) is 15.3 Å². The summed E-state index contributed by atoms with van der Waals surface area (Å²) in [4.78, 5) is 4.28. The molecule has 1 N–H and O–H groups in total. The van der Waals surface area contributed by atoms with E-state index in [2.05, 4.69) is 56.3 Å². The first-order chi connectivity index (χ1) is 9.00. The molecule has 0 amide bonds. The molecule has 2 rings (SSSR count). The van der Waals surface area contributed by atoms with E-state index >= 15 is 0 Å². The molecule has 0 spiro atoms. The number of rotatable bonds is 5. The Morgan fingerprint density at radius 1 is 1.37 bits per heavy atom. The molecule has 19 heavy (non-hydrogen) atoms. The number of nitrogens with zero attached hydrogens (tertiary/aromatic N) is 1. The highest BCUT2D eigenvalue weighted by Crippen LogP contribution is 2.35. The second-order valence-electron chi connectivity index (χ2n) is 6.24. The van der Waals surface area contributed by atoms with Gasteiger partial charge >= 0.3 is 0 Å². The summed E-state index contributed by atoms with van der Waals surface area (Å²) in [7, 11) is 0. The smallest absolute Gasteiger partial charge is 0.0333 e. The number of fused-ring (bicyclic) bond motifs is 1. The van der Waals surface area contributed by atoms with Crippen LogP contribution in [0.1, 0.15) is 51.1 Å². The molecule has 0 aliphatic carbocycles. The lowest BCUT2D eigenvalue weighted by Gasteiger charge is -2.41. The molecule has 0 fully saturated rings. The Balaban J connectivity index is 1.98. The maximum atomic E-state index is 3.57. The van der Waals surface area contributed by atoms with E-state index in [4.69, 9.17) is 0 Å². The van der Waals surface area contributed by atoms with E-state index < -0.39 is 0 Å². The molecule has 1 aromatic rings. The lowest BCUT2D eigenvalue weighted by molar-refractivity contribution is 0.107. The van der Waals surface area contributed by atoms with Gasteiger partial charge in [0.2, 0.25) is 0 Å². The Morgan fingerprint density at radius 3 is 2.79 bits per heavy atom. The summed E-state index contributed by atoms with van der Waals surface area (Å²) in [5, 5.41) is 5.82. The zero-order chi connectivity index (χ0) is 14.0. The molecule has 3 heteroatoms. The lowest BCUT2D eigenvalue weighted by atomic mass is 9.94. The van der Waals surface area contributed by atoms with Gasteiger partial charge in [0.25, 0.3) is 0 Å². The van der Waals surface area contributed by atoms with Crippen LogP contribution in [0.15, 0.2) is 11.4 Å². The standard InChI is InChI=1S/C16H28N2S/c1-11(2)17-10-12(3)13(4)18-8-6-16-15(14(18)5)7-9-19-16/h7,9,11-14,17H,6,8,10H2,1-5H3. The van der Waals surface area contributed by atoms with Gasteiger partial charge in [0.15, 0.2) is 0 Å². The summed E-state index contributed by atoms with van der Waals surface area (Å²) < 4.78 is 0. The van der Waals surface area contributed by atoms with Crippen molar-refractivity contribution in [3.05, 3.63) is 21.9 Å². The van der Waals surface area contributed by atoms with Crippen LogP contribution in [0.25, 0.3) is 0 Å². The van der Waals surface area contributed by atoms with E-state index in [1.807, 2.05) is 11.3 Å². The average molecular weight is 280 g/mol. The Hall–Kier alpha value is -0.380. The highest BCUT2D eigenvalue weighted by atomic mass is 32.1. The average Bonchev–Trinajstić information content (AvgIpc) is 2.84. The molecule has 0 radical (unpaired) electrons. The maximum Gasteiger partial charge on any atom is 0.0333 e. The zero-order valence-corrected chi connectivity index (χ0v) is 13.8. The van der Waals surface area contributed by atoms with Crippen LogP contribution in [0.3, 0.4) is 0 Å². The van der Waals surface area contributed by atoms with Gasteiger partial charge in [0, 0.05) is 29.5 Å². The van der Waals surface area contributed by atoms with Crippen molar-refractivity contribution in [1.29, 1.82) is 0 Å². The van der Waals surface area contributed by atoms with Gasteiger partial charge in [-0.25, -0.2) is 0 Å². The third-order valence-electron chi connectivity index (χ3n) is 4.52. The summed E-state index contributed by atoms with van der Waals surface area (Å²) in [6.07, 6.45) is 1.23. The fraction of sp³-hybridized carbons (Fsp3) is 0.750. The number of hydrogen-bond acceptors (Lipinski definition) is 3. The van der Waals surface area contributed by atoms with Crippen molar-refractivity contribution >= 4 is 11.3 Å². The summed E-state index contributed by atoms with van der Waals surface area (Å²) in [6.45, 7) is 13.9. The molecule has 1 aliphatic rings. The summed E-state index contributed by atoms with van der Waals surface area (Å²) >= 11 is 1.93. The van der Waals surface area contributed by atoms with E-state index in [9.17, 15) is 0 Å². The molecule has 2 nitrogen and oxygen atoms in total. The van der Waals surface area contributed by atoms with Crippen molar-refractivity contribution in [1.82, 2.24) is 10.2 Å². The van der Waals surface area contributed by atoms with Crippen molar-refractivity contribution in [3.63, 3.8) is 0 Å². The van der Waals surface area contributed by atoms with Crippen LogP contribution in [-0.4, -0.2) is 30.1 Å². The predicted molar refractivity (Wildman–Crippen MR) is 84.9 cm³/mol. The predicted octanol–water partition coefficient (Wildman–Crippen LogP) is 3.69.